The topological polar surface area (TPSA) is 130 Å². The smallest absolute Gasteiger partial charge is 0.203 e. The van der Waals surface area contributed by atoms with Crippen LogP contribution in [0.15, 0.2) is 18.2 Å². The number of aliphatic hydroxyl groups is 4. The number of benzene rings is 1. The van der Waals surface area contributed by atoms with Gasteiger partial charge in [-0.3, -0.25) is 4.57 Å². The van der Waals surface area contributed by atoms with Gasteiger partial charge in [0.1, 0.15) is 6.10 Å². The van der Waals surface area contributed by atoms with Crippen LogP contribution >= 0.6 is 30.6 Å². The second-order valence-corrected chi connectivity index (χ2v) is 10.4. The molecule has 0 aliphatic heterocycles. The third-order valence-electron chi connectivity index (χ3n) is 4.67. The highest BCUT2D eigenvalue weighted by Crippen LogP contribution is 2.46. The maximum absolute atomic E-state index is 12.4. The summed E-state index contributed by atoms with van der Waals surface area (Å²) in [6.07, 6.45) is -4.58. The van der Waals surface area contributed by atoms with Gasteiger partial charge in [-0.1, -0.05) is 29.3 Å². The Morgan fingerprint density at radius 3 is 2.37 bits per heavy atom. The molecule has 3 unspecified atom stereocenters. The molecular weight excluding hydrogens is 416 g/mol. The van der Waals surface area contributed by atoms with Gasteiger partial charge in [0.25, 0.3) is 0 Å². The first kappa shape index (κ1) is 23.1. The summed E-state index contributed by atoms with van der Waals surface area (Å²) in [7, 11) is -3.65. The minimum absolute atomic E-state index is 0.113. The molecule has 0 bridgehead atoms. The Kier molecular flexibility index (Phi) is 8.55. The third-order valence-corrected chi connectivity index (χ3v) is 7.49. The number of halogens is 2. The summed E-state index contributed by atoms with van der Waals surface area (Å²) in [4.78, 5) is 10.2. The van der Waals surface area contributed by atoms with Crippen LogP contribution in [0.4, 0.5) is 0 Å². The highest BCUT2D eigenvalue weighted by molar-refractivity contribution is 7.58. The Morgan fingerprint density at radius 2 is 1.78 bits per heavy atom. The van der Waals surface area contributed by atoms with E-state index in [0.717, 1.165) is 5.56 Å². The Labute approximate surface area is 168 Å². The van der Waals surface area contributed by atoms with Crippen molar-refractivity contribution in [3.63, 3.8) is 0 Å². The fraction of sp³-hybridized carbons (Fsp3) is 0.647. The van der Waals surface area contributed by atoms with E-state index in [0.29, 0.717) is 16.6 Å². The van der Waals surface area contributed by atoms with Gasteiger partial charge in [-0.2, -0.15) is 0 Å². The number of aliphatic hydroxyl groups excluding tert-OH is 4. The molecule has 1 aliphatic rings. The van der Waals surface area contributed by atoms with Crippen molar-refractivity contribution in [1.82, 2.24) is 5.32 Å². The zero-order valence-electron chi connectivity index (χ0n) is 14.7. The van der Waals surface area contributed by atoms with Gasteiger partial charge in [-0.25, -0.2) is 0 Å². The van der Waals surface area contributed by atoms with Crippen LogP contribution in [0.2, 0.25) is 10.0 Å². The zero-order chi connectivity index (χ0) is 20.2. The largest absolute Gasteiger partial charge is 0.391 e. The Hall–Kier alpha value is -0.210. The Morgan fingerprint density at radius 1 is 1.15 bits per heavy atom. The predicted octanol–water partition coefficient (Wildman–Crippen LogP) is 1.21. The van der Waals surface area contributed by atoms with Crippen LogP contribution in [0.1, 0.15) is 18.4 Å². The predicted molar refractivity (Wildman–Crippen MR) is 104 cm³/mol. The molecule has 154 valence electrons. The van der Waals surface area contributed by atoms with E-state index in [2.05, 4.69) is 5.32 Å². The van der Waals surface area contributed by atoms with Gasteiger partial charge in [0.05, 0.1) is 34.5 Å². The number of rotatable bonds is 8. The summed E-state index contributed by atoms with van der Waals surface area (Å²) in [6.45, 7) is 0.544. The molecule has 1 aromatic carbocycles. The highest BCUT2D eigenvalue weighted by atomic mass is 35.5. The molecule has 0 aromatic heterocycles. The highest BCUT2D eigenvalue weighted by Gasteiger charge is 2.38. The molecule has 7 nitrogen and oxygen atoms in total. The van der Waals surface area contributed by atoms with Crippen molar-refractivity contribution in [2.24, 2.45) is 5.92 Å². The quantitative estimate of drug-likeness (QED) is 0.334. The van der Waals surface area contributed by atoms with Crippen molar-refractivity contribution < 1.29 is 29.9 Å². The maximum Gasteiger partial charge on any atom is 0.203 e. The molecule has 1 aromatic rings. The SMILES string of the molecule is O=P(O)(CC1CC(O)C(O)C(O)C1)C[C@@H](O)CNCc1ccc(Cl)c(Cl)c1. The lowest BCUT2D eigenvalue weighted by Crippen LogP contribution is -2.45. The minimum atomic E-state index is -3.65. The lowest BCUT2D eigenvalue weighted by atomic mass is 9.84. The first-order valence-corrected chi connectivity index (χ1v) is 11.5. The maximum atomic E-state index is 12.4. The van der Waals surface area contributed by atoms with Crippen molar-refractivity contribution in [2.45, 2.75) is 43.8 Å². The normalized spacial score (nSPS) is 29.3. The van der Waals surface area contributed by atoms with Gasteiger partial charge >= 0.3 is 0 Å². The summed E-state index contributed by atoms with van der Waals surface area (Å²) < 4.78 is 12.4. The molecule has 0 heterocycles. The van der Waals surface area contributed by atoms with Crippen molar-refractivity contribution in [3.8, 4) is 0 Å². The van der Waals surface area contributed by atoms with E-state index in [1.807, 2.05) is 0 Å². The molecule has 27 heavy (non-hydrogen) atoms. The van der Waals surface area contributed by atoms with E-state index in [1.165, 1.54) is 0 Å². The Bertz CT molecular complexity index is 667. The monoisotopic (exact) mass is 441 g/mol. The van der Waals surface area contributed by atoms with E-state index in [-0.39, 0.29) is 37.6 Å². The van der Waals surface area contributed by atoms with E-state index in [1.54, 1.807) is 18.2 Å². The molecule has 4 atom stereocenters. The third kappa shape index (κ3) is 7.28. The van der Waals surface area contributed by atoms with Gasteiger partial charge in [-0.15, -0.1) is 0 Å². The zero-order valence-corrected chi connectivity index (χ0v) is 17.1. The van der Waals surface area contributed by atoms with Gasteiger partial charge < -0.3 is 30.6 Å². The van der Waals surface area contributed by atoms with E-state index in [4.69, 9.17) is 23.2 Å². The van der Waals surface area contributed by atoms with Crippen molar-refractivity contribution in [2.75, 3.05) is 18.9 Å². The summed E-state index contributed by atoms with van der Waals surface area (Å²) in [5, 5.41) is 42.9. The summed E-state index contributed by atoms with van der Waals surface area (Å²) in [5.41, 5.74) is 0.868. The second kappa shape index (κ2) is 10.0. The molecule has 6 N–H and O–H groups in total. The molecule has 1 fully saturated rings. The number of hydrogen-bond donors (Lipinski definition) is 6. The fourth-order valence-electron chi connectivity index (χ4n) is 3.37. The van der Waals surface area contributed by atoms with E-state index in [9.17, 15) is 29.9 Å². The van der Waals surface area contributed by atoms with Crippen LogP contribution in [0.25, 0.3) is 0 Å². The lowest BCUT2D eigenvalue weighted by molar-refractivity contribution is -0.0971. The van der Waals surface area contributed by atoms with Gasteiger partial charge in [0.15, 0.2) is 0 Å². The molecule has 0 saturated heterocycles. The van der Waals surface area contributed by atoms with Gasteiger partial charge in [-0.05, 0) is 36.5 Å². The van der Waals surface area contributed by atoms with E-state index < -0.39 is 31.8 Å². The average molecular weight is 442 g/mol. The van der Waals surface area contributed by atoms with Crippen LogP contribution in [-0.2, 0) is 11.1 Å². The molecule has 0 spiro atoms. The van der Waals surface area contributed by atoms with Crippen molar-refractivity contribution in [3.05, 3.63) is 33.8 Å². The first-order valence-electron chi connectivity index (χ1n) is 8.75. The molecule has 0 radical (unpaired) electrons. The molecule has 0 amide bonds. The van der Waals surface area contributed by atoms with Crippen molar-refractivity contribution >= 4 is 30.6 Å². The van der Waals surface area contributed by atoms with Crippen LogP contribution in [0.5, 0.6) is 0 Å². The summed E-state index contributed by atoms with van der Waals surface area (Å²) >= 11 is 11.8. The summed E-state index contributed by atoms with van der Waals surface area (Å²) in [6, 6.07) is 5.16. The van der Waals surface area contributed by atoms with Crippen molar-refractivity contribution in [1.29, 1.82) is 0 Å². The average Bonchev–Trinajstić information content (AvgIpc) is 2.55. The van der Waals surface area contributed by atoms with Gasteiger partial charge in [0.2, 0.25) is 7.37 Å². The molecule has 1 aliphatic carbocycles. The minimum Gasteiger partial charge on any atom is -0.391 e. The molecule has 1 saturated carbocycles. The number of hydrogen-bond acceptors (Lipinski definition) is 6. The Balaban J connectivity index is 1.77. The second-order valence-electron chi connectivity index (χ2n) is 7.21. The molecular formula is C17H26Cl2NO6P. The molecule has 10 heteroatoms. The number of nitrogens with one attached hydrogen (secondary N) is 1. The first-order chi connectivity index (χ1) is 12.6. The fourth-order valence-corrected chi connectivity index (χ4v) is 5.73. The van der Waals surface area contributed by atoms with Crippen LogP contribution in [0.3, 0.4) is 0 Å². The van der Waals surface area contributed by atoms with Crippen LogP contribution in [0, 0.1) is 5.92 Å². The van der Waals surface area contributed by atoms with Gasteiger partial charge in [0, 0.05) is 19.3 Å². The lowest BCUT2D eigenvalue weighted by Gasteiger charge is -2.34. The standard InChI is InChI=1S/C17H26Cl2NO6P/c18-13-2-1-10(3-14(13)19)6-20-7-12(21)9-27(25,26)8-11-4-15(22)17(24)16(23)5-11/h1-3,11-12,15-17,20-24H,4-9H2,(H,25,26)/t11?,12-,15?,16?,17?/m0/s1. The van der Waals surface area contributed by atoms with Crippen LogP contribution < -0.4 is 5.32 Å². The molecule has 2 rings (SSSR count). The van der Waals surface area contributed by atoms with E-state index >= 15 is 0 Å². The van der Waals surface area contributed by atoms with Crippen LogP contribution in [-0.4, -0.2) is 68.6 Å². The summed E-state index contributed by atoms with van der Waals surface area (Å²) in [5.74, 6) is -0.384.